The van der Waals surface area contributed by atoms with Gasteiger partial charge >= 0.3 is 0 Å². The zero-order chi connectivity index (χ0) is 30.2. The molecule has 3 aromatic carbocycles. The van der Waals surface area contributed by atoms with Gasteiger partial charge in [-0.1, -0.05) is 197 Å². The molecule has 226 valence electrons. The molecule has 0 saturated heterocycles. The lowest BCUT2D eigenvalue weighted by Gasteiger charge is -2.55. The summed E-state index contributed by atoms with van der Waals surface area (Å²) in [6.45, 7) is 20.6. The molecule has 0 amide bonds. The second-order valence-electron chi connectivity index (χ2n) is 14.0. The molecule has 0 saturated carbocycles. The molecular weight excluding hydrogens is 569 g/mol. The minimum absolute atomic E-state index is 0.783. The van der Waals surface area contributed by atoms with Crippen molar-refractivity contribution >= 4 is 53.0 Å². The van der Waals surface area contributed by atoms with E-state index in [-0.39, 0.29) is 0 Å². The molecular formula is C38H58Si4. The topological polar surface area (TPSA) is 0 Å². The van der Waals surface area contributed by atoms with Gasteiger partial charge in [0.2, 0.25) is 0 Å². The third kappa shape index (κ3) is 4.61. The van der Waals surface area contributed by atoms with Gasteiger partial charge in [0.15, 0.2) is 0 Å². The predicted molar refractivity (Wildman–Crippen MR) is 200 cm³/mol. The highest BCUT2D eigenvalue weighted by Crippen LogP contribution is 2.47. The number of hydrogen-bond donors (Lipinski definition) is 0. The highest BCUT2D eigenvalue weighted by atomic mass is 28.3. The standard InChI is InChI=1S/C38H58Si4/c1-9-39(10-2)29-37(31-23-19-17-20-24-31)41(13-5,14-6)35-28-34-36(27-33(35)39)42(15-7,16-8)38(30-40(34,11-3)12-4)32-25-21-18-22-26-32/h17-28,37-38H,9-16,29-30H2,1-8H3. The molecule has 0 radical (unpaired) electrons. The van der Waals surface area contributed by atoms with Gasteiger partial charge in [0.1, 0.15) is 0 Å². The fraction of sp³-hybridized carbons (Fsp3) is 0.526. The van der Waals surface area contributed by atoms with Crippen LogP contribution in [0.25, 0.3) is 0 Å². The predicted octanol–water partition coefficient (Wildman–Crippen LogP) is 9.14. The molecule has 0 aliphatic carbocycles. The first-order valence-corrected chi connectivity index (χ1v) is 27.9. The van der Waals surface area contributed by atoms with Crippen LogP contribution in [0.2, 0.25) is 60.4 Å². The maximum Gasteiger partial charge on any atom is 0.0931 e. The SMILES string of the molecule is CC[Si]1(CC)CC(c2ccccc2)[Si](CC)(CC)c2cc3c(cc21)[Si](CC)(CC)C(c1ccccc1)C[Si]3(CC)CC. The summed E-state index contributed by atoms with van der Waals surface area (Å²) in [5.74, 6) is 0. The van der Waals surface area contributed by atoms with Crippen LogP contribution in [-0.2, 0) is 0 Å². The van der Waals surface area contributed by atoms with Crippen molar-refractivity contribution in [2.24, 2.45) is 0 Å². The summed E-state index contributed by atoms with van der Waals surface area (Å²) in [5.41, 5.74) is 4.90. The zero-order valence-corrected chi connectivity index (χ0v) is 32.2. The lowest BCUT2D eigenvalue weighted by Crippen LogP contribution is -2.77. The van der Waals surface area contributed by atoms with E-state index in [1.807, 2.05) is 20.7 Å². The van der Waals surface area contributed by atoms with Crippen molar-refractivity contribution in [3.05, 3.63) is 83.9 Å². The van der Waals surface area contributed by atoms with E-state index in [4.69, 9.17) is 0 Å². The molecule has 42 heavy (non-hydrogen) atoms. The van der Waals surface area contributed by atoms with Crippen molar-refractivity contribution in [2.45, 2.75) is 127 Å². The minimum atomic E-state index is -1.77. The molecule has 0 spiro atoms. The molecule has 2 unspecified atom stereocenters. The second kappa shape index (κ2) is 12.5. The Kier molecular flexibility index (Phi) is 9.50. The molecule has 5 rings (SSSR count). The normalized spacial score (nSPS) is 23.1. The number of hydrogen-bond acceptors (Lipinski definition) is 0. The first kappa shape index (κ1) is 31.9. The quantitative estimate of drug-likeness (QED) is 0.197. The largest absolute Gasteiger partial charge is 0.0931 e. The summed E-state index contributed by atoms with van der Waals surface area (Å²) in [6.07, 6.45) is 0. The van der Waals surface area contributed by atoms with Gasteiger partial charge in [0.25, 0.3) is 0 Å². The van der Waals surface area contributed by atoms with Crippen molar-refractivity contribution in [3.8, 4) is 0 Å². The highest BCUT2D eigenvalue weighted by Gasteiger charge is 2.57. The second-order valence-corrected chi connectivity index (χ2v) is 33.7. The lowest BCUT2D eigenvalue weighted by molar-refractivity contribution is 0.930. The fourth-order valence-electron chi connectivity index (χ4n) is 10.4. The number of benzene rings is 3. The van der Waals surface area contributed by atoms with Gasteiger partial charge in [-0.25, -0.2) is 0 Å². The van der Waals surface area contributed by atoms with Gasteiger partial charge in [-0.3, -0.25) is 0 Å². The molecule has 0 aromatic heterocycles. The number of fused-ring (bicyclic) bond motifs is 2. The van der Waals surface area contributed by atoms with Crippen LogP contribution in [0.4, 0.5) is 0 Å². The van der Waals surface area contributed by atoms with Crippen LogP contribution < -0.4 is 20.7 Å². The average molecular weight is 627 g/mol. The first-order valence-electron chi connectivity index (χ1n) is 17.6. The van der Waals surface area contributed by atoms with E-state index in [1.54, 1.807) is 11.1 Å². The van der Waals surface area contributed by atoms with Crippen LogP contribution in [0.3, 0.4) is 0 Å². The van der Waals surface area contributed by atoms with E-state index in [1.165, 1.54) is 60.4 Å². The molecule has 2 aliphatic rings. The zero-order valence-electron chi connectivity index (χ0n) is 28.2. The first-order chi connectivity index (χ1) is 20.3. The van der Waals surface area contributed by atoms with Crippen molar-refractivity contribution in [1.29, 1.82) is 0 Å². The Hall–Kier alpha value is -1.47. The molecule has 4 heteroatoms. The summed E-state index contributed by atoms with van der Waals surface area (Å²) in [5, 5.41) is 7.87. The minimum Gasteiger partial charge on any atom is -0.0675 e. The van der Waals surface area contributed by atoms with Gasteiger partial charge in [0, 0.05) is 0 Å². The Morgan fingerprint density at radius 2 is 0.738 bits per heavy atom. The van der Waals surface area contributed by atoms with Crippen molar-refractivity contribution in [3.63, 3.8) is 0 Å². The van der Waals surface area contributed by atoms with Crippen LogP contribution in [0.5, 0.6) is 0 Å². The molecule has 0 N–H and O–H groups in total. The van der Waals surface area contributed by atoms with Crippen LogP contribution in [0.1, 0.15) is 77.6 Å². The van der Waals surface area contributed by atoms with E-state index in [9.17, 15) is 0 Å². The van der Waals surface area contributed by atoms with Gasteiger partial charge in [-0.05, 0) is 34.3 Å². The van der Waals surface area contributed by atoms with Crippen LogP contribution in [0, 0.1) is 0 Å². The molecule has 0 bridgehead atoms. The van der Waals surface area contributed by atoms with Gasteiger partial charge in [0.05, 0.1) is 32.3 Å². The lowest BCUT2D eigenvalue weighted by atomic mass is 10.2. The Morgan fingerprint density at radius 1 is 0.429 bits per heavy atom. The van der Waals surface area contributed by atoms with Gasteiger partial charge in [-0.2, -0.15) is 0 Å². The number of rotatable bonds is 10. The molecule has 3 aromatic rings. The van der Waals surface area contributed by atoms with E-state index >= 15 is 0 Å². The molecule has 2 aliphatic heterocycles. The third-order valence-corrected chi connectivity index (χ3v) is 37.5. The summed E-state index contributed by atoms with van der Waals surface area (Å²) in [4.78, 5) is 0. The van der Waals surface area contributed by atoms with E-state index < -0.39 is 32.3 Å². The van der Waals surface area contributed by atoms with Gasteiger partial charge < -0.3 is 0 Å². The average Bonchev–Trinajstić information content (AvgIpc) is 3.07. The van der Waals surface area contributed by atoms with Crippen molar-refractivity contribution in [1.82, 2.24) is 0 Å². The van der Waals surface area contributed by atoms with E-state index in [0.717, 1.165) is 11.1 Å². The van der Waals surface area contributed by atoms with Crippen LogP contribution >= 0.6 is 0 Å². The van der Waals surface area contributed by atoms with Gasteiger partial charge in [-0.15, -0.1) is 0 Å². The summed E-state index contributed by atoms with van der Waals surface area (Å²) in [7, 11) is -6.85. The van der Waals surface area contributed by atoms with Crippen LogP contribution in [0.15, 0.2) is 72.8 Å². The van der Waals surface area contributed by atoms with Crippen molar-refractivity contribution < 1.29 is 0 Å². The van der Waals surface area contributed by atoms with E-state index in [2.05, 4.69) is 128 Å². The maximum atomic E-state index is 3.04. The molecule has 0 fully saturated rings. The summed E-state index contributed by atoms with van der Waals surface area (Å²) < 4.78 is 0. The Labute approximate surface area is 262 Å². The smallest absolute Gasteiger partial charge is 0.0675 e. The summed E-state index contributed by atoms with van der Waals surface area (Å²) >= 11 is 0. The van der Waals surface area contributed by atoms with Crippen molar-refractivity contribution in [2.75, 3.05) is 0 Å². The Balaban J connectivity index is 1.89. The third-order valence-electron chi connectivity index (χ3n) is 13.5. The monoisotopic (exact) mass is 626 g/mol. The highest BCUT2D eigenvalue weighted by molar-refractivity contribution is 7.09. The summed E-state index contributed by atoms with van der Waals surface area (Å²) in [6, 6.07) is 43.9. The molecule has 0 nitrogen and oxygen atoms in total. The maximum absolute atomic E-state index is 3.04. The van der Waals surface area contributed by atoms with E-state index in [0.29, 0.717) is 0 Å². The fourth-order valence-corrected chi connectivity index (χ4v) is 36.6. The molecule has 2 heterocycles. The molecule has 2 atom stereocenters. The van der Waals surface area contributed by atoms with Crippen LogP contribution in [-0.4, -0.2) is 32.3 Å². The Bertz CT molecular complexity index is 1230. The Morgan fingerprint density at radius 3 is 1.00 bits per heavy atom.